The molecular weight excluding hydrogens is 453 g/mol. The van der Waals surface area contributed by atoms with Crippen LogP contribution in [-0.4, -0.2) is 25.7 Å². The van der Waals surface area contributed by atoms with E-state index in [1.54, 1.807) is 13.1 Å². The summed E-state index contributed by atoms with van der Waals surface area (Å²) in [6, 6.07) is 7.84. The van der Waals surface area contributed by atoms with Gasteiger partial charge in [-0.05, 0) is 49.0 Å². The predicted octanol–water partition coefficient (Wildman–Crippen LogP) is 3.44. The number of amidine groups is 1. The first kappa shape index (κ1) is 30.5. The smallest absolute Gasteiger partial charge is 0.497 e. The zero-order chi connectivity index (χ0) is 23.6. The summed E-state index contributed by atoms with van der Waals surface area (Å²) in [5, 5.41) is 11.7. The molecule has 0 N–H and O–H groups in total. The summed E-state index contributed by atoms with van der Waals surface area (Å²) in [5.74, 6) is -0.638. The number of alkyl halides is 3. The first-order valence-electron chi connectivity index (χ1n) is 9.52. The quantitative estimate of drug-likeness (QED) is 0.210. The molecule has 0 bridgehead atoms. The Kier molecular flexibility index (Phi) is 14.0. The van der Waals surface area contributed by atoms with Gasteiger partial charge in [0, 0.05) is 11.1 Å². The molecule has 0 unspecified atom stereocenters. The summed E-state index contributed by atoms with van der Waals surface area (Å²) >= 11 is 0. The number of rotatable bonds is 6. The van der Waals surface area contributed by atoms with Gasteiger partial charge in [-0.1, -0.05) is 44.2 Å². The first-order valence-corrected chi connectivity index (χ1v) is 9.52. The van der Waals surface area contributed by atoms with Crippen LogP contribution in [0.4, 0.5) is 17.6 Å². The topological polar surface area (TPSA) is 57.3 Å². The van der Waals surface area contributed by atoms with Crippen molar-refractivity contribution in [3.8, 4) is 0 Å². The fraction of sp³-hybridized carbons (Fsp3) is 0.364. The zero-order valence-electron chi connectivity index (χ0n) is 19.3. The minimum absolute atomic E-state index is 0. The summed E-state index contributed by atoms with van der Waals surface area (Å²) in [4.78, 5) is 10.1. The molecule has 2 aromatic rings. The molecule has 0 aliphatic heterocycles. The molecule has 10 heteroatoms. The fourth-order valence-corrected chi connectivity index (χ4v) is 2.71. The van der Waals surface area contributed by atoms with Gasteiger partial charge in [0.05, 0.1) is 18.4 Å². The number of oxime groups is 2. The molecule has 0 saturated heterocycles. The Morgan fingerprint density at radius 2 is 1.72 bits per heavy atom. The molecule has 5 nitrogen and oxygen atoms in total. The maximum Gasteiger partial charge on any atom is 1.00 e. The zero-order valence-corrected chi connectivity index (χ0v) is 22.5. The number of hydrogen-bond donors (Lipinski definition) is 0. The van der Waals surface area contributed by atoms with Crippen molar-refractivity contribution in [2.45, 2.75) is 40.5 Å². The van der Waals surface area contributed by atoms with E-state index in [2.05, 4.69) is 15.6 Å². The van der Waals surface area contributed by atoms with Crippen molar-refractivity contribution in [1.82, 2.24) is 0 Å². The second kappa shape index (κ2) is 14.6. The van der Waals surface area contributed by atoms with Gasteiger partial charge in [-0.3, -0.25) is 5.16 Å². The maximum atomic E-state index is 13.3. The standard InChI is InChI=1S/C20H20F4N3O2.C2H6.K/c1-12-6-5-7-16(19(25-3)27-28-4)17(12)11-29-26-13(2)15-9-8-14(21)10-18(15)20(22,23)24;1-2;/h5-10H,11H2,1-4H3;1-2H3;/q-1;;+1/b26-13+;;. The van der Waals surface area contributed by atoms with Crippen LogP contribution in [0.1, 0.15) is 48.6 Å². The summed E-state index contributed by atoms with van der Waals surface area (Å²) in [6.07, 6.45) is -4.72. The van der Waals surface area contributed by atoms with Gasteiger partial charge in [0.2, 0.25) is 0 Å². The van der Waals surface area contributed by atoms with Crippen LogP contribution in [0.5, 0.6) is 0 Å². The number of nitrogens with zero attached hydrogens (tertiary/aromatic N) is 3. The van der Waals surface area contributed by atoms with Crippen LogP contribution in [0.2, 0.25) is 0 Å². The molecule has 0 aliphatic rings. The Hall–Kier alpha value is -1.46. The molecule has 0 radical (unpaired) electrons. The van der Waals surface area contributed by atoms with Gasteiger partial charge in [-0.15, -0.1) is 0 Å². The van der Waals surface area contributed by atoms with Crippen molar-refractivity contribution in [3.63, 3.8) is 0 Å². The molecule has 0 aromatic heterocycles. The van der Waals surface area contributed by atoms with Gasteiger partial charge >= 0.3 is 57.6 Å². The molecular formula is C22H26F4KN3O2. The largest absolute Gasteiger partial charge is 1.00 e. The van der Waals surface area contributed by atoms with Crippen molar-refractivity contribution in [2.24, 2.45) is 10.3 Å². The Balaban J connectivity index is 0.00000311. The average Bonchev–Trinajstić information content (AvgIpc) is 2.74. The molecule has 0 saturated carbocycles. The van der Waals surface area contributed by atoms with Crippen LogP contribution in [-0.2, 0) is 22.5 Å². The third-order valence-electron chi connectivity index (χ3n) is 4.13. The molecule has 0 spiro atoms. The minimum Gasteiger partial charge on any atom is -0.497 e. The van der Waals surface area contributed by atoms with Crippen LogP contribution in [0.3, 0.4) is 0 Å². The van der Waals surface area contributed by atoms with Gasteiger partial charge in [0.25, 0.3) is 0 Å². The van der Waals surface area contributed by atoms with E-state index in [1.165, 1.54) is 14.0 Å². The molecule has 2 rings (SSSR count). The van der Waals surface area contributed by atoms with Crippen LogP contribution in [0.15, 0.2) is 46.7 Å². The molecule has 32 heavy (non-hydrogen) atoms. The van der Waals surface area contributed by atoms with E-state index in [4.69, 9.17) is 9.68 Å². The Labute approximate surface area is 228 Å². The van der Waals surface area contributed by atoms with Crippen LogP contribution >= 0.6 is 0 Å². The second-order valence-electron chi connectivity index (χ2n) is 6.06. The van der Waals surface area contributed by atoms with Gasteiger partial charge in [-0.25, -0.2) is 4.39 Å². The number of halogens is 4. The van der Waals surface area contributed by atoms with Crippen molar-refractivity contribution < 1.29 is 78.6 Å². The number of aryl methyl sites for hydroxylation is 1. The van der Waals surface area contributed by atoms with Crippen molar-refractivity contribution in [3.05, 3.63) is 75.3 Å². The van der Waals surface area contributed by atoms with Gasteiger partial charge < -0.3 is 15.0 Å². The predicted molar refractivity (Wildman–Crippen MR) is 114 cm³/mol. The van der Waals surface area contributed by atoms with Crippen molar-refractivity contribution >= 4 is 11.5 Å². The Bertz CT molecular complexity index is 932. The summed E-state index contributed by atoms with van der Waals surface area (Å²) < 4.78 is 52.8. The van der Waals surface area contributed by atoms with Gasteiger partial charge in [0.1, 0.15) is 12.4 Å². The first-order chi connectivity index (χ1) is 14.7. The summed E-state index contributed by atoms with van der Waals surface area (Å²) in [6.45, 7) is 7.18. The van der Waals surface area contributed by atoms with Crippen LogP contribution in [0.25, 0.3) is 5.32 Å². The second-order valence-corrected chi connectivity index (χ2v) is 6.06. The molecule has 2 aromatic carbocycles. The van der Waals surface area contributed by atoms with E-state index in [9.17, 15) is 17.6 Å². The molecule has 0 fully saturated rings. The van der Waals surface area contributed by atoms with Gasteiger partial charge in [-0.2, -0.15) is 13.2 Å². The molecule has 170 valence electrons. The third kappa shape index (κ3) is 8.47. The monoisotopic (exact) mass is 479 g/mol. The Morgan fingerprint density at radius 1 is 1.06 bits per heavy atom. The summed E-state index contributed by atoms with van der Waals surface area (Å²) in [7, 11) is 2.95. The third-order valence-corrected chi connectivity index (χ3v) is 4.13. The number of benzene rings is 2. The number of hydrogen-bond acceptors (Lipinski definition) is 4. The van der Waals surface area contributed by atoms with E-state index in [1.807, 2.05) is 32.9 Å². The van der Waals surface area contributed by atoms with Crippen molar-refractivity contribution in [1.29, 1.82) is 0 Å². The normalized spacial score (nSPS) is 11.7. The van der Waals surface area contributed by atoms with E-state index in [0.29, 0.717) is 23.0 Å². The molecule has 0 atom stereocenters. The van der Waals surface area contributed by atoms with Crippen LogP contribution in [0, 0.1) is 12.7 Å². The minimum atomic E-state index is -4.72. The molecule has 0 amide bonds. The average molecular weight is 480 g/mol. The van der Waals surface area contributed by atoms with E-state index < -0.39 is 17.6 Å². The van der Waals surface area contributed by atoms with Crippen molar-refractivity contribution in [2.75, 3.05) is 14.2 Å². The van der Waals surface area contributed by atoms with Gasteiger partial charge in [0.15, 0.2) is 0 Å². The van der Waals surface area contributed by atoms with Crippen LogP contribution < -0.4 is 51.4 Å². The molecule has 0 aliphatic carbocycles. The maximum absolute atomic E-state index is 13.3. The molecule has 0 heterocycles. The fourth-order valence-electron chi connectivity index (χ4n) is 2.71. The van der Waals surface area contributed by atoms with E-state index in [-0.39, 0.29) is 69.3 Å². The van der Waals surface area contributed by atoms with E-state index in [0.717, 1.165) is 17.7 Å². The summed E-state index contributed by atoms with van der Waals surface area (Å²) in [5.41, 5.74) is 0.826. The SMILES string of the molecule is CC.C[N-]/C(=N/OC)c1cccc(C)c1CO/N=C(\C)c1ccc(F)cc1C(F)(F)F.[K+]. The van der Waals surface area contributed by atoms with E-state index >= 15 is 0 Å². The Morgan fingerprint density at radius 3 is 2.28 bits per heavy atom.